The van der Waals surface area contributed by atoms with Crippen LogP contribution in [0.4, 0.5) is 0 Å². The van der Waals surface area contributed by atoms with Crippen molar-refractivity contribution in [3.05, 3.63) is 30.1 Å². The Balaban J connectivity index is 2.63. The zero-order valence-electron chi connectivity index (χ0n) is 8.53. The number of rotatable bonds is 5. The van der Waals surface area contributed by atoms with E-state index in [4.69, 9.17) is 6.42 Å². The predicted molar refractivity (Wildman–Crippen MR) is 58.7 cm³/mol. The molecule has 0 fully saturated rings. The van der Waals surface area contributed by atoms with Gasteiger partial charge in [0.1, 0.15) is 0 Å². The molecule has 1 rings (SSSR count). The molecule has 74 valence electrons. The average Bonchev–Trinajstić information content (AvgIpc) is 2.25. The minimum absolute atomic E-state index is 0.338. The fourth-order valence-corrected chi connectivity index (χ4v) is 1.44. The molecule has 0 aliphatic rings. The van der Waals surface area contributed by atoms with Crippen LogP contribution in [0, 0.1) is 12.3 Å². The lowest BCUT2D eigenvalue weighted by atomic mass is 10.0. The quantitative estimate of drug-likeness (QED) is 0.716. The van der Waals surface area contributed by atoms with E-state index in [1.807, 2.05) is 12.3 Å². The smallest absolute Gasteiger partial charge is 0.0344 e. The standard InChI is InChI=1S/C12H16N2/c1-3-5-8-12(14-4-2)11-7-6-9-13-10-11/h1,6-7,9-10,12,14H,4-5,8H2,2H3. The maximum atomic E-state index is 5.26. The Morgan fingerprint density at radius 3 is 3.07 bits per heavy atom. The van der Waals surface area contributed by atoms with Gasteiger partial charge in [-0.3, -0.25) is 4.98 Å². The highest BCUT2D eigenvalue weighted by Crippen LogP contribution is 2.16. The van der Waals surface area contributed by atoms with E-state index >= 15 is 0 Å². The Labute approximate surface area is 85.8 Å². The zero-order chi connectivity index (χ0) is 10.2. The Bertz CT molecular complexity index is 287. The van der Waals surface area contributed by atoms with Gasteiger partial charge >= 0.3 is 0 Å². The normalized spacial score (nSPS) is 12.0. The molecular formula is C12H16N2. The highest BCUT2D eigenvalue weighted by Gasteiger charge is 2.08. The van der Waals surface area contributed by atoms with E-state index in [0.29, 0.717) is 6.04 Å². The second kappa shape index (κ2) is 6.17. The summed E-state index contributed by atoms with van der Waals surface area (Å²) in [7, 11) is 0. The monoisotopic (exact) mass is 188 g/mol. The molecule has 0 saturated carbocycles. The molecule has 1 N–H and O–H groups in total. The molecule has 1 unspecified atom stereocenters. The topological polar surface area (TPSA) is 24.9 Å². The third-order valence-corrected chi connectivity index (χ3v) is 2.11. The van der Waals surface area contributed by atoms with Gasteiger partial charge in [0.05, 0.1) is 0 Å². The molecule has 0 aromatic carbocycles. The van der Waals surface area contributed by atoms with Crippen molar-refractivity contribution in [2.75, 3.05) is 6.54 Å². The van der Waals surface area contributed by atoms with Crippen LogP contribution in [0.3, 0.4) is 0 Å². The van der Waals surface area contributed by atoms with Gasteiger partial charge in [0.25, 0.3) is 0 Å². The molecule has 1 atom stereocenters. The van der Waals surface area contributed by atoms with Gasteiger partial charge in [0.2, 0.25) is 0 Å². The number of hydrogen-bond donors (Lipinski definition) is 1. The first-order chi connectivity index (χ1) is 6.88. The number of pyridine rings is 1. The van der Waals surface area contributed by atoms with E-state index in [-0.39, 0.29) is 0 Å². The van der Waals surface area contributed by atoms with Crippen molar-refractivity contribution in [1.29, 1.82) is 0 Å². The van der Waals surface area contributed by atoms with Gasteiger partial charge in [-0.15, -0.1) is 12.3 Å². The van der Waals surface area contributed by atoms with Crippen LogP contribution in [-0.2, 0) is 0 Å². The number of nitrogens with zero attached hydrogens (tertiary/aromatic N) is 1. The highest BCUT2D eigenvalue weighted by molar-refractivity contribution is 5.14. The molecule has 1 aromatic rings. The minimum Gasteiger partial charge on any atom is -0.310 e. The van der Waals surface area contributed by atoms with Crippen LogP contribution in [0.5, 0.6) is 0 Å². The number of terminal acetylenes is 1. The fourth-order valence-electron chi connectivity index (χ4n) is 1.44. The molecule has 0 radical (unpaired) electrons. The number of nitrogens with one attached hydrogen (secondary N) is 1. The van der Waals surface area contributed by atoms with Crippen molar-refractivity contribution in [3.63, 3.8) is 0 Å². The molecule has 0 amide bonds. The van der Waals surface area contributed by atoms with Crippen molar-refractivity contribution in [1.82, 2.24) is 10.3 Å². The molecule has 0 aliphatic carbocycles. The average molecular weight is 188 g/mol. The van der Waals surface area contributed by atoms with Crippen LogP contribution in [-0.4, -0.2) is 11.5 Å². The zero-order valence-corrected chi connectivity index (χ0v) is 8.53. The summed E-state index contributed by atoms with van der Waals surface area (Å²) in [5.41, 5.74) is 1.21. The lowest BCUT2D eigenvalue weighted by Gasteiger charge is -2.16. The van der Waals surface area contributed by atoms with Crippen LogP contribution in [0.15, 0.2) is 24.5 Å². The van der Waals surface area contributed by atoms with Gasteiger partial charge in [-0.05, 0) is 24.6 Å². The third kappa shape index (κ3) is 3.20. The molecule has 1 aromatic heterocycles. The molecule has 0 spiro atoms. The summed E-state index contributed by atoms with van der Waals surface area (Å²) >= 11 is 0. The molecule has 2 heteroatoms. The molecule has 2 nitrogen and oxygen atoms in total. The summed E-state index contributed by atoms with van der Waals surface area (Å²) in [5.74, 6) is 2.67. The number of hydrogen-bond acceptors (Lipinski definition) is 2. The Kier molecular flexibility index (Phi) is 4.74. The molecule has 14 heavy (non-hydrogen) atoms. The summed E-state index contributed by atoms with van der Waals surface area (Å²) < 4.78 is 0. The van der Waals surface area contributed by atoms with Crippen LogP contribution >= 0.6 is 0 Å². The second-order valence-corrected chi connectivity index (χ2v) is 3.14. The third-order valence-electron chi connectivity index (χ3n) is 2.11. The first-order valence-electron chi connectivity index (χ1n) is 4.95. The van der Waals surface area contributed by atoms with Gasteiger partial charge in [0.15, 0.2) is 0 Å². The van der Waals surface area contributed by atoms with E-state index < -0.39 is 0 Å². The van der Waals surface area contributed by atoms with Crippen LogP contribution in [0.2, 0.25) is 0 Å². The summed E-state index contributed by atoms with van der Waals surface area (Å²) in [6.45, 7) is 3.05. The Morgan fingerprint density at radius 1 is 1.64 bits per heavy atom. The van der Waals surface area contributed by atoms with Gasteiger partial charge in [-0.2, -0.15) is 0 Å². The Morgan fingerprint density at radius 2 is 2.50 bits per heavy atom. The molecule has 0 bridgehead atoms. The maximum Gasteiger partial charge on any atom is 0.0344 e. The first kappa shape index (κ1) is 10.7. The van der Waals surface area contributed by atoms with Gasteiger partial charge in [-0.25, -0.2) is 0 Å². The Hall–Kier alpha value is -1.33. The first-order valence-corrected chi connectivity index (χ1v) is 4.95. The molecule has 0 saturated heterocycles. The summed E-state index contributed by atoms with van der Waals surface area (Å²) in [5, 5.41) is 3.40. The predicted octanol–water partition coefficient (Wildman–Crippen LogP) is 2.15. The molecule has 0 aliphatic heterocycles. The van der Waals surface area contributed by atoms with E-state index in [2.05, 4.69) is 29.2 Å². The lowest BCUT2D eigenvalue weighted by Crippen LogP contribution is -2.20. The van der Waals surface area contributed by atoms with E-state index in [0.717, 1.165) is 19.4 Å². The van der Waals surface area contributed by atoms with Crippen molar-refractivity contribution in [2.45, 2.75) is 25.8 Å². The largest absolute Gasteiger partial charge is 0.310 e. The fraction of sp³-hybridized carbons (Fsp3) is 0.417. The number of aromatic nitrogens is 1. The van der Waals surface area contributed by atoms with Crippen LogP contribution in [0.1, 0.15) is 31.4 Å². The highest BCUT2D eigenvalue weighted by atomic mass is 14.9. The van der Waals surface area contributed by atoms with Crippen molar-refractivity contribution >= 4 is 0 Å². The summed E-state index contributed by atoms with van der Waals surface area (Å²) in [4.78, 5) is 4.10. The summed E-state index contributed by atoms with van der Waals surface area (Å²) in [6, 6.07) is 4.37. The maximum absolute atomic E-state index is 5.26. The van der Waals surface area contributed by atoms with Gasteiger partial charge in [0, 0.05) is 24.9 Å². The van der Waals surface area contributed by atoms with Crippen LogP contribution < -0.4 is 5.32 Å². The van der Waals surface area contributed by atoms with Crippen molar-refractivity contribution in [3.8, 4) is 12.3 Å². The van der Waals surface area contributed by atoms with E-state index in [9.17, 15) is 0 Å². The SMILES string of the molecule is C#CCCC(NCC)c1cccnc1. The van der Waals surface area contributed by atoms with Gasteiger partial charge < -0.3 is 5.32 Å². The van der Waals surface area contributed by atoms with Gasteiger partial charge in [-0.1, -0.05) is 13.0 Å². The van der Waals surface area contributed by atoms with Crippen molar-refractivity contribution in [2.24, 2.45) is 0 Å². The van der Waals surface area contributed by atoms with Crippen LogP contribution in [0.25, 0.3) is 0 Å². The lowest BCUT2D eigenvalue weighted by molar-refractivity contribution is 0.521. The van der Waals surface area contributed by atoms with E-state index in [1.165, 1.54) is 5.56 Å². The summed E-state index contributed by atoms with van der Waals surface area (Å²) in [6.07, 6.45) is 10.7. The second-order valence-electron chi connectivity index (χ2n) is 3.14. The molecule has 1 heterocycles. The van der Waals surface area contributed by atoms with Crippen molar-refractivity contribution < 1.29 is 0 Å². The van der Waals surface area contributed by atoms with E-state index in [1.54, 1.807) is 6.20 Å². The minimum atomic E-state index is 0.338. The molecular weight excluding hydrogens is 172 g/mol.